The van der Waals surface area contributed by atoms with E-state index in [2.05, 4.69) is 25.9 Å². The van der Waals surface area contributed by atoms with Gasteiger partial charge in [0.15, 0.2) is 5.69 Å². The van der Waals surface area contributed by atoms with E-state index in [-0.39, 0.29) is 18.7 Å². The van der Waals surface area contributed by atoms with Crippen LogP contribution in [0.5, 0.6) is 0 Å². The number of hydrogen-bond donors (Lipinski definition) is 2. The van der Waals surface area contributed by atoms with Crippen LogP contribution in [0.4, 0.5) is 4.79 Å². The van der Waals surface area contributed by atoms with Gasteiger partial charge in [0.1, 0.15) is 5.76 Å². The van der Waals surface area contributed by atoms with Gasteiger partial charge in [0.05, 0.1) is 12.6 Å². The fraction of sp³-hybridized carbons (Fsp3) is 0.600. The summed E-state index contributed by atoms with van der Waals surface area (Å²) in [6, 6.07) is 1.55. The van der Waals surface area contributed by atoms with Crippen LogP contribution in [-0.2, 0) is 11.3 Å². The van der Waals surface area contributed by atoms with E-state index in [1.54, 1.807) is 0 Å². The van der Waals surface area contributed by atoms with Gasteiger partial charge in [-0.15, -0.1) is 0 Å². The zero-order valence-corrected chi connectivity index (χ0v) is 13.2. The smallest absolute Gasteiger partial charge is 0.315 e. The molecule has 2 fully saturated rings. The standard InChI is InChI=1S/C15H19N5O4/c21-15(16-7-10-2-1-5-22-10)17-8-13-18-14(20-24-13)11-6-12(23-19-11)9-3-4-9/h6,9-10H,1-5,7-8H2,(H2,16,17,21)/t10-/m0/s1. The lowest BCUT2D eigenvalue weighted by Gasteiger charge is -2.10. The number of hydrogen-bond acceptors (Lipinski definition) is 7. The molecule has 0 spiro atoms. The van der Waals surface area contributed by atoms with E-state index in [4.69, 9.17) is 13.8 Å². The number of urea groups is 1. The Labute approximate surface area is 138 Å². The Morgan fingerprint density at radius 1 is 1.21 bits per heavy atom. The summed E-state index contributed by atoms with van der Waals surface area (Å²) in [5, 5.41) is 13.3. The normalized spacial score (nSPS) is 20.2. The van der Waals surface area contributed by atoms with Crippen molar-refractivity contribution in [3.63, 3.8) is 0 Å². The molecule has 2 aliphatic rings. The third-order valence-electron chi connectivity index (χ3n) is 4.12. The quantitative estimate of drug-likeness (QED) is 0.824. The summed E-state index contributed by atoms with van der Waals surface area (Å²) in [4.78, 5) is 16.0. The molecule has 2 aromatic rings. The summed E-state index contributed by atoms with van der Waals surface area (Å²) in [6.45, 7) is 1.42. The molecular weight excluding hydrogens is 314 g/mol. The van der Waals surface area contributed by atoms with Gasteiger partial charge >= 0.3 is 6.03 Å². The Morgan fingerprint density at radius 3 is 2.92 bits per heavy atom. The second-order valence-corrected chi connectivity index (χ2v) is 6.10. The summed E-state index contributed by atoms with van der Waals surface area (Å²) in [6.07, 6.45) is 4.41. The molecule has 2 amide bonds. The second-order valence-electron chi connectivity index (χ2n) is 6.10. The van der Waals surface area contributed by atoms with Crippen LogP contribution in [0.15, 0.2) is 15.1 Å². The van der Waals surface area contributed by atoms with E-state index < -0.39 is 0 Å². The third-order valence-corrected chi connectivity index (χ3v) is 4.12. The van der Waals surface area contributed by atoms with E-state index in [9.17, 15) is 4.79 Å². The molecule has 4 rings (SSSR count). The molecule has 128 valence electrons. The van der Waals surface area contributed by atoms with Gasteiger partial charge in [-0.25, -0.2) is 4.79 Å². The number of nitrogens with one attached hydrogen (secondary N) is 2. The molecule has 2 N–H and O–H groups in total. The Hall–Kier alpha value is -2.42. The third kappa shape index (κ3) is 3.56. The number of aromatic nitrogens is 3. The monoisotopic (exact) mass is 333 g/mol. The van der Waals surface area contributed by atoms with Crippen molar-refractivity contribution in [1.82, 2.24) is 25.9 Å². The fourth-order valence-corrected chi connectivity index (χ4v) is 2.62. The number of carbonyl (C=O) groups excluding carboxylic acids is 1. The minimum Gasteiger partial charge on any atom is -0.376 e. The highest BCUT2D eigenvalue weighted by molar-refractivity contribution is 5.73. The lowest BCUT2D eigenvalue weighted by molar-refractivity contribution is 0.111. The van der Waals surface area contributed by atoms with Crippen molar-refractivity contribution in [3.05, 3.63) is 17.7 Å². The Bertz CT molecular complexity index is 702. The minimum atomic E-state index is -0.289. The van der Waals surface area contributed by atoms with Crippen molar-refractivity contribution < 1.29 is 18.6 Å². The lowest BCUT2D eigenvalue weighted by atomic mass is 10.2. The first-order valence-corrected chi connectivity index (χ1v) is 8.21. The largest absolute Gasteiger partial charge is 0.376 e. The van der Waals surface area contributed by atoms with Gasteiger partial charge in [-0.2, -0.15) is 4.98 Å². The number of nitrogens with zero attached hydrogens (tertiary/aromatic N) is 3. The van der Waals surface area contributed by atoms with Crippen LogP contribution in [0, 0.1) is 0 Å². The summed E-state index contributed by atoms with van der Waals surface area (Å²) in [7, 11) is 0. The van der Waals surface area contributed by atoms with Gasteiger partial charge < -0.3 is 24.4 Å². The summed E-state index contributed by atoms with van der Waals surface area (Å²) in [5.74, 6) is 2.02. The van der Waals surface area contributed by atoms with Crippen LogP contribution in [0.1, 0.15) is 43.3 Å². The van der Waals surface area contributed by atoms with Crippen LogP contribution in [-0.4, -0.2) is 40.6 Å². The molecule has 1 atom stereocenters. The highest BCUT2D eigenvalue weighted by atomic mass is 16.5. The molecule has 9 heteroatoms. The van der Waals surface area contributed by atoms with Crippen molar-refractivity contribution in [2.75, 3.05) is 13.2 Å². The van der Waals surface area contributed by atoms with E-state index in [1.165, 1.54) is 0 Å². The number of amides is 2. The first-order valence-electron chi connectivity index (χ1n) is 8.21. The average molecular weight is 333 g/mol. The van der Waals surface area contributed by atoms with Crippen molar-refractivity contribution in [2.45, 2.75) is 44.2 Å². The van der Waals surface area contributed by atoms with Crippen molar-refractivity contribution in [2.24, 2.45) is 0 Å². The molecule has 3 heterocycles. The molecule has 1 aliphatic carbocycles. The van der Waals surface area contributed by atoms with E-state index in [0.29, 0.717) is 29.9 Å². The first kappa shape index (κ1) is 15.1. The zero-order chi connectivity index (χ0) is 16.4. The van der Waals surface area contributed by atoms with Crippen molar-refractivity contribution in [1.29, 1.82) is 0 Å². The minimum absolute atomic E-state index is 0.110. The van der Waals surface area contributed by atoms with Gasteiger partial charge in [-0.3, -0.25) is 0 Å². The van der Waals surface area contributed by atoms with Crippen molar-refractivity contribution >= 4 is 6.03 Å². The molecular formula is C15H19N5O4. The predicted octanol–water partition coefficient (Wildman–Crippen LogP) is 1.58. The molecule has 1 saturated heterocycles. The lowest BCUT2D eigenvalue weighted by Crippen LogP contribution is -2.39. The number of carbonyl (C=O) groups is 1. The summed E-state index contributed by atoms with van der Waals surface area (Å²) < 4.78 is 15.8. The van der Waals surface area contributed by atoms with Crippen LogP contribution >= 0.6 is 0 Å². The van der Waals surface area contributed by atoms with Gasteiger partial charge in [0.2, 0.25) is 11.7 Å². The SMILES string of the molecule is O=C(NCc1nc(-c2cc(C3CC3)on2)no1)NC[C@@H]1CCCO1. The average Bonchev–Trinajstić information content (AvgIpc) is 3.03. The van der Waals surface area contributed by atoms with Crippen LogP contribution in [0.2, 0.25) is 0 Å². The maximum atomic E-state index is 11.7. The molecule has 0 aromatic carbocycles. The molecule has 24 heavy (non-hydrogen) atoms. The number of ether oxygens (including phenoxy) is 1. The Morgan fingerprint density at radius 2 is 2.12 bits per heavy atom. The molecule has 1 aliphatic heterocycles. The molecule has 2 aromatic heterocycles. The van der Waals surface area contributed by atoms with E-state index in [0.717, 1.165) is 38.1 Å². The summed E-state index contributed by atoms with van der Waals surface area (Å²) >= 11 is 0. The highest BCUT2D eigenvalue weighted by Crippen LogP contribution is 2.40. The topological polar surface area (TPSA) is 115 Å². The van der Waals surface area contributed by atoms with Gasteiger partial charge in [0, 0.05) is 25.1 Å². The molecule has 9 nitrogen and oxygen atoms in total. The Kier molecular flexibility index (Phi) is 4.16. The van der Waals surface area contributed by atoms with Gasteiger partial charge in [-0.05, 0) is 25.7 Å². The number of rotatable bonds is 6. The van der Waals surface area contributed by atoms with E-state index >= 15 is 0 Å². The van der Waals surface area contributed by atoms with Crippen LogP contribution in [0.25, 0.3) is 11.5 Å². The maximum absolute atomic E-state index is 11.7. The molecule has 0 radical (unpaired) electrons. The maximum Gasteiger partial charge on any atom is 0.315 e. The highest BCUT2D eigenvalue weighted by Gasteiger charge is 2.28. The molecule has 0 bridgehead atoms. The second kappa shape index (κ2) is 6.60. The van der Waals surface area contributed by atoms with Gasteiger partial charge in [-0.1, -0.05) is 10.3 Å². The van der Waals surface area contributed by atoms with Gasteiger partial charge in [0.25, 0.3) is 0 Å². The first-order chi connectivity index (χ1) is 11.8. The molecule has 1 saturated carbocycles. The van der Waals surface area contributed by atoms with Crippen LogP contribution < -0.4 is 10.6 Å². The van der Waals surface area contributed by atoms with E-state index in [1.807, 2.05) is 6.07 Å². The fourth-order valence-electron chi connectivity index (χ4n) is 2.62. The molecule has 0 unspecified atom stereocenters. The zero-order valence-electron chi connectivity index (χ0n) is 13.2. The summed E-state index contributed by atoms with van der Waals surface area (Å²) in [5.41, 5.74) is 0.551. The van der Waals surface area contributed by atoms with Crippen LogP contribution in [0.3, 0.4) is 0 Å². The van der Waals surface area contributed by atoms with Crippen molar-refractivity contribution in [3.8, 4) is 11.5 Å². The predicted molar refractivity (Wildman–Crippen MR) is 81.0 cm³/mol. The Balaban J connectivity index is 1.26.